The van der Waals surface area contributed by atoms with Crippen molar-refractivity contribution in [1.82, 2.24) is 9.97 Å². The Hall–Kier alpha value is -2.80. The molecule has 1 aromatic heterocycles. The van der Waals surface area contributed by atoms with Crippen molar-refractivity contribution >= 4 is 17.5 Å². The molecule has 140 valence electrons. The number of halogens is 4. The molecule has 0 amide bonds. The largest absolute Gasteiger partial charge is 0.486 e. The normalized spacial score (nSPS) is 11.3. The van der Waals surface area contributed by atoms with Gasteiger partial charge in [-0.05, 0) is 29.3 Å². The Labute approximate surface area is 159 Å². The molecular weight excluding hydrogens is 379 g/mol. The number of aromatic nitrogens is 2. The number of nitrogens with one attached hydrogen (secondary N) is 1. The maximum atomic E-state index is 12.8. The second-order valence-electron chi connectivity index (χ2n) is 5.72. The van der Waals surface area contributed by atoms with E-state index >= 15 is 0 Å². The van der Waals surface area contributed by atoms with Gasteiger partial charge in [-0.25, -0.2) is 9.97 Å². The van der Waals surface area contributed by atoms with E-state index in [2.05, 4.69) is 15.3 Å². The van der Waals surface area contributed by atoms with Crippen LogP contribution in [0, 0.1) is 0 Å². The van der Waals surface area contributed by atoms with E-state index in [9.17, 15) is 13.2 Å². The minimum absolute atomic E-state index is 0.0206. The first-order valence-corrected chi connectivity index (χ1v) is 8.37. The molecule has 0 spiro atoms. The van der Waals surface area contributed by atoms with Gasteiger partial charge in [0.1, 0.15) is 6.61 Å². The number of nitrogens with zero attached hydrogens (tertiary/aromatic N) is 2. The number of ether oxygens (including phenoxy) is 1. The van der Waals surface area contributed by atoms with Crippen LogP contribution in [0.1, 0.15) is 16.7 Å². The van der Waals surface area contributed by atoms with Gasteiger partial charge in [0.15, 0.2) is 5.75 Å². The van der Waals surface area contributed by atoms with Crippen molar-refractivity contribution in [2.45, 2.75) is 19.3 Å². The summed E-state index contributed by atoms with van der Waals surface area (Å²) in [6.07, 6.45) is -1.46. The first-order valence-electron chi connectivity index (χ1n) is 7.99. The summed E-state index contributed by atoms with van der Waals surface area (Å²) >= 11 is 5.77. The zero-order chi connectivity index (χ0) is 19.3. The number of benzene rings is 2. The predicted octanol–water partition coefficient (Wildman–Crippen LogP) is 5.34. The smallest absolute Gasteiger partial charge is 0.416 e. The van der Waals surface area contributed by atoms with Crippen molar-refractivity contribution in [3.8, 4) is 5.75 Å². The third-order valence-electron chi connectivity index (χ3n) is 3.61. The van der Waals surface area contributed by atoms with E-state index < -0.39 is 11.7 Å². The van der Waals surface area contributed by atoms with Gasteiger partial charge < -0.3 is 10.1 Å². The molecule has 0 saturated carbocycles. The lowest BCUT2D eigenvalue weighted by Crippen LogP contribution is -2.08. The summed E-state index contributed by atoms with van der Waals surface area (Å²) in [4.78, 5) is 8.19. The van der Waals surface area contributed by atoms with Crippen LogP contribution in [-0.2, 0) is 19.3 Å². The van der Waals surface area contributed by atoms with E-state index in [-0.39, 0.29) is 17.5 Å². The molecule has 0 bridgehead atoms. The van der Waals surface area contributed by atoms with E-state index in [0.29, 0.717) is 17.9 Å². The highest BCUT2D eigenvalue weighted by Gasteiger charge is 2.31. The van der Waals surface area contributed by atoms with Gasteiger partial charge in [-0.2, -0.15) is 13.2 Å². The highest BCUT2D eigenvalue weighted by molar-refractivity contribution is 6.30. The van der Waals surface area contributed by atoms with Gasteiger partial charge in [-0.15, -0.1) is 0 Å². The summed E-state index contributed by atoms with van der Waals surface area (Å²) < 4.78 is 44.1. The van der Waals surface area contributed by atoms with Gasteiger partial charge in [0, 0.05) is 11.6 Å². The molecule has 0 saturated heterocycles. The Kier molecular flexibility index (Phi) is 5.81. The van der Waals surface area contributed by atoms with Crippen molar-refractivity contribution in [2.24, 2.45) is 0 Å². The lowest BCUT2D eigenvalue weighted by Gasteiger charge is -2.11. The van der Waals surface area contributed by atoms with Gasteiger partial charge in [0.25, 0.3) is 0 Å². The Morgan fingerprint density at radius 3 is 2.33 bits per heavy atom. The van der Waals surface area contributed by atoms with E-state index in [1.165, 1.54) is 18.5 Å². The molecule has 3 aromatic rings. The van der Waals surface area contributed by atoms with Crippen LogP contribution in [-0.4, -0.2) is 9.97 Å². The number of hydrogen-bond acceptors (Lipinski definition) is 4. The summed E-state index contributed by atoms with van der Waals surface area (Å²) in [5.41, 5.74) is 0.598. The fraction of sp³-hybridized carbons (Fsp3) is 0.158. The van der Waals surface area contributed by atoms with Gasteiger partial charge in [-0.1, -0.05) is 41.9 Å². The molecule has 1 N–H and O–H groups in total. The maximum absolute atomic E-state index is 12.8. The van der Waals surface area contributed by atoms with Crippen molar-refractivity contribution in [1.29, 1.82) is 0 Å². The topological polar surface area (TPSA) is 47.0 Å². The summed E-state index contributed by atoms with van der Waals surface area (Å²) in [6.45, 7) is 0.494. The van der Waals surface area contributed by atoms with Gasteiger partial charge in [0.2, 0.25) is 5.95 Å². The van der Waals surface area contributed by atoms with E-state index in [1.54, 1.807) is 0 Å². The van der Waals surface area contributed by atoms with Crippen molar-refractivity contribution in [3.63, 3.8) is 0 Å². The van der Waals surface area contributed by atoms with E-state index in [0.717, 1.165) is 17.7 Å². The molecule has 1 heterocycles. The number of alkyl halides is 3. The zero-order valence-electron chi connectivity index (χ0n) is 14.0. The summed E-state index contributed by atoms with van der Waals surface area (Å²) in [7, 11) is 0. The van der Waals surface area contributed by atoms with Crippen LogP contribution in [0.4, 0.5) is 19.1 Å². The number of hydrogen-bond donors (Lipinski definition) is 1. The fourth-order valence-electron chi connectivity index (χ4n) is 2.32. The lowest BCUT2D eigenvalue weighted by atomic mass is 10.1. The Balaban J connectivity index is 1.58. The molecular formula is C19H15ClF3N3O. The lowest BCUT2D eigenvalue weighted by molar-refractivity contribution is -0.137. The fourth-order valence-corrected chi connectivity index (χ4v) is 2.58. The monoisotopic (exact) mass is 393 g/mol. The van der Waals surface area contributed by atoms with E-state index in [1.807, 2.05) is 30.3 Å². The molecule has 0 atom stereocenters. The van der Waals surface area contributed by atoms with Crippen LogP contribution >= 0.6 is 11.6 Å². The predicted molar refractivity (Wildman–Crippen MR) is 96.6 cm³/mol. The second-order valence-corrected chi connectivity index (χ2v) is 6.15. The molecule has 0 fully saturated rings. The standard InChI is InChI=1S/C19H15ClF3N3O/c20-16-7-14(6-15(8-16)19(21,22)23)9-24-18-25-10-17(11-26-18)27-12-13-4-2-1-3-5-13/h1-8,10-11H,9,12H2,(H,24,25,26). The first-order chi connectivity index (χ1) is 12.9. The van der Waals surface area contributed by atoms with Crippen LogP contribution in [0.2, 0.25) is 5.02 Å². The minimum atomic E-state index is -4.45. The minimum Gasteiger partial charge on any atom is -0.486 e. The third kappa shape index (κ3) is 5.59. The Morgan fingerprint density at radius 2 is 1.67 bits per heavy atom. The van der Waals surface area contributed by atoms with Crippen LogP contribution < -0.4 is 10.1 Å². The highest BCUT2D eigenvalue weighted by Crippen LogP contribution is 2.32. The highest BCUT2D eigenvalue weighted by atomic mass is 35.5. The van der Waals surface area contributed by atoms with Crippen LogP contribution in [0.5, 0.6) is 5.75 Å². The molecule has 27 heavy (non-hydrogen) atoms. The quantitative estimate of drug-likeness (QED) is 0.614. The molecule has 2 aromatic carbocycles. The number of rotatable bonds is 6. The zero-order valence-corrected chi connectivity index (χ0v) is 14.8. The molecule has 4 nitrogen and oxygen atoms in total. The van der Waals surface area contributed by atoms with Gasteiger partial charge in [0.05, 0.1) is 18.0 Å². The Bertz CT molecular complexity index is 887. The number of anilines is 1. The summed E-state index contributed by atoms with van der Waals surface area (Å²) in [5, 5.41) is 2.88. The van der Waals surface area contributed by atoms with Gasteiger partial charge in [-0.3, -0.25) is 0 Å². The molecule has 0 aliphatic carbocycles. The first kappa shape index (κ1) is 19.0. The van der Waals surface area contributed by atoms with Crippen molar-refractivity contribution < 1.29 is 17.9 Å². The Morgan fingerprint density at radius 1 is 0.963 bits per heavy atom. The van der Waals surface area contributed by atoms with Gasteiger partial charge >= 0.3 is 6.18 Å². The average Bonchev–Trinajstić information content (AvgIpc) is 2.65. The molecule has 0 unspecified atom stereocenters. The van der Waals surface area contributed by atoms with Crippen LogP contribution in [0.15, 0.2) is 60.9 Å². The molecule has 3 rings (SSSR count). The molecule has 0 aliphatic rings. The molecule has 8 heteroatoms. The SMILES string of the molecule is FC(F)(F)c1cc(Cl)cc(CNc2ncc(OCc3ccccc3)cn2)c1. The maximum Gasteiger partial charge on any atom is 0.416 e. The second kappa shape index (κ2) is 8.26. The van der Waals surface area contributed by atoms with Crippen molar-refractivity contribution in [3.05, 3.63) is 82.6 Å². The third-order valence-corrected chi connectivity index (χ3v) is 3.83. The summed E-state index contributed by atoms with van der Waals surface area (Å²) in [6, 6.07) is 13.0. The van der Waals surface area contributed by atoms with Crippen molar-refractivity contribution in [2.75, 3.05) is 5.32 Å². The van der Waals surface area contributed by atoms with E-state index in [4.69, 9.17) is 16.3 Å². The average molecular weight is 394 g/mol. The van der Waals surface area contributed by atoms with Crippen LogP contribution in [0.3, 0.4) is 0 Å². The summed E-state index contributed by atoms with van der Waals surface area (Å²) in [5.74, 6) is 0.766. The molecule has 0 radical (unpaired) electrons. The molecule has 0 aliphatic heterocycles. The van der Waals surface area contributed by atoms with Crippen LogP contribution in [0.25, 0.3) is 0 Å².